The van der Waals surface area contributed by atoms with Gasteiger partial charge in [-0.15, -0.1) is 0 Å². The molecule has 0 aromatic rings. The van der Waals surface area contributed by atoms with E-state index in [1.807, 2.05) is 0 Å². The standard InChI is InChI=1S/C18H36N2O2/c1-13(2)19-9-17(6)22-18(12-19)8-7-14(3)20-10-15(4)21-16(5)11-20/h13-18H,7-12H2,1-6H3/t14?,15-,16+,17-,18+/m0/s1. The molecular formula is C18H36N2O2. The number of hydrogen-bond acceptors (Lipinski definition) is 4. The quantitative estimate of drug-likeness (QED) is 0.779. The number of rotatable bonds is 5. The second-order valence-corrected chi connectivity index (χ2v) is 7.75. The van der Waals surface area contributed by atoms with Crippen molar-refractivity contribution in [1.82, 2.24) is 9.80 Å². The molecule has 0 bridgehead atoms. The zero-order valence-corrected chi connectivity index (χ0v) is 15.4. The van der Waals surface area contributed by atoms with E-state index in [0.717, 1.165) is 32.6 Å². The third-order valence-electron chi connectivity index (χ3n) is 5.06. The van der Waals surface area contributed by atoms with Gasteiger partial charge in [0.15, 0.2) is 0 Å². The van der Waals surface area contributed by atoms with Gasteiger partial charge in [-0.3, -0.25) is 9.80 Å². The Morgan fingerprint density at radius 1 is 0.818 bits per heavy atom. The van der Waals surface area contributed by atoms with Crippen LogP contribution in [-0.2, 0) is 9.47 Å². The Bertz CT molecular complexity index is 327. The smallest absolute Gasteiger partial charge is 0.0707 e. The molecule has 0 aliphatic carbocycles. The lowest BCUT2D eigenvalue weighted by atomic mass is 10.0. The lowest BCUT2D eigenvalue weighted by Crippen LogP contribution is -2.51. The molecule has 0 amide bonds. The highest BCUT2D eigenvalue weighted by Gasteiger charge is 2.29. The molecule has 2 rings (SSSR count). The molecule has 1 unspecified atom stereocenters. The van der Waals surface area contributed by atoms with Crippen LogP contribution in [0.25, 0.3) is 0 Å². The molecule has 4 nitrogen and oxygen atoms in total. The second kappa shape index (κ2) is 8.09. The summed E-state index contributed by atoms with van der Waals surface area (Å²) in [7, 11) is 0. The largest absolute Gasteiger partial charge is 0.373 e. The van der Waals surface area contributed by atoms with Crippen molar-refractivity contribution in [2.24, 2.45) is 0 Å². The number of hydrogen-bond donors (Lipinski definition) is 0. The molecule has 4 heteroatoms. The first-order valence-electron chi connectivity index (χ1n) is 9.14. The van der Waals surface area contributed by atoms with Crippen LogP contribution in [0.5, 0.6) is 0 Å². The highest BCUT2D eigenvalue weighted by Crippen LogP contribution is 2.21. The van der Waals surface area contributed by atoms with Crippen LogP contribution >= 0.6 is 0 Å². The first-order valence-corrected chi connectivity index (χ1v) is 9.14. The molecule has 0 radical (unpaired) electrons. The van der Waals surface area contributed by atoms with Gasteiger partial charge in [-0.1, -0.05) is 0 Å². The van der Waals surface area contributed by atoms with Crippen LogP contribution in [0, 0.1) is 0 Å². The Hall–Kier alpha value is -0.160. The summed E-state index contributed by atoms with van der Waals surface area (Å²) in [6.07, 6.45) is 3.84. The van der Waals surface area contributed by atoms with Crippen LogP contribution in [0.3, 0.4) is 0 Å². The van der Waals surface area contributed by atoms with Crippen molar-refractivity contribution in [3.8, 4) is 0 Å². The topological polar surface area (TPSA) is 24.9 Å². The SMILES string of the molecule is CC(C)N1C[C@@H](CCC(C)N2C[C@@H](C)O[C@@H](C)C2)O[C@@H](C)C1. The molecule has 5 atom stereocenters. The molecule has 2 fully saturated rings. The maximum absolute atomic E-state index is 6.16. The van der Waals surface area contributed by atoms with Gasteiger partial charge in [0.25, 0.3) is 0 Å². The van der Waals surface area contributed by atoms with Crippen LogP contribution in [-0.4, -0.2) is 72.5 Å². The fraction of sp³-hybridized carbons (Fsp3) is 1.00. The average molecular weight is 312 g/mol. The molecular weight excluding hydrogens is 276 g/mol. The third-order valence-corrected chi connectivity index (χ3v) is 5.06. The van der Waals surface area contributed by atoms with Crippen molar-refractivity contribution in [2.75, 3.05) is 26.2 Å². The van der Waals surface area contributed by atoms with Gasteiger partial charge in [0.2, 0.25) is 0 Å². The van der Waals surface area contributed by atoms with E-state index in [1.54, 1.807) is 0 Å². The second-order valence-electron chi connectivity index (χ2n) is 7.75. The van der Waals surface area contributed by atoms with Gasteiger partial charge in [0.1, 0.15) is 0 Å². The predicted octanol–water partition coefficient (Wildman–Crippen LogP) is 2.76. The van der Waals surface area contributed by atoms with E-state index in [4.69, 9.17) is 9.47 Å². The minimum Gasteiger partial charge on any atom is -0.373 e. The Kier molecular flexibility index (Phi) is 6.69. The van der Waals surface area contributed by atoms with E-state index in [0.29, 0.717) is 36.5 Å². The Morgan fingerprint density at radius 3 is 1.95 bits per heavy atom. The molecule has 0 spiro atoms. The van der Waals surface area contributed by atoms with Crippen molar-refractivity contribution in [3.05, 3.63) is 0 Å². The van der Waals surface area contributed by atoms with Crippen molar-refractivity contribution in [1.29, 1.82) is 0 Å². The summed E-state index contributed by atoms with van der Waals surface area (Å²) < 4.78 is 12.0. The fourth-order valence-corrected chi connectivity index (χ4v) is 3.85. The summed E-state index contributed by atoms with van der Waals surface area (Å²) in [6, 6.07) is 1.23. The molecule has 2 saturated heterocycles. The van der Waals surface area contributed by atoms with Crippen molar-refractivity contribution in [2.45, 2.75) is 90.9 Å². The molecule has 22 heavy (non-hydrogen) atoms. The van der Waals surface area contributed by atoms with Crippen LogP contribution < -0.4 is 0 Å². The molecule has 0 saturated carbocycles. The minimum absolute atomic E-state index is 0.355. The van der Waals surface area contributed by atoms with Crippen molar-refractivity contribution >= 4 is 0 Å². The summed E-state index contributed by atoms with van der Waals surface area (Å²) in [4.78, 5) is 5.15. The zero-order valence-electron chi connectivity index (χ0n) is 15.4. The normalized spacial score (nSPS) is 36.7. The molecule has 0 N–H and O–H groups in total. The zero-order chi connectivity index (χ0) is 16.3. The first-order chi connectivity index (χ1) is 10.3. The van der Waals surface area contributed by atoms with Crippen LogP contribution in [0.15, 0.2) is 0 Å². The molecule has 0 aromatic carbocycles. The summed E-state index contributed by atoms with van der Waals surface area (Å²) >= 11 is 0. The summed E-state index contributed by atoms with van der Waals surface area (Å²) in [5.74, 6) is 0. The van der Waals surface area contributed by atoms with E-state index < -0.39 is 0 Å². The molecule has 0 aromatic heterocycles. The maximum atomic E-state index is 6.16. The monoisotopic (exact) mass is 312 g/mol. The van der Waals surface area contributed by atoms with Gasteiger partial charge < -0.3 is 9.47 Å². The third kappa shape index (κ3) is 5.19. The van der Waals surface area contributed by atoms with Crippen molar-refractivity contribution in [3.63, 3.8) is 0 Å². The van der Waals surface area contributed by atoms with E-state index in [2.05, 4.69) is 51.3 Å². The molecule has 2 aliphatic rings. The summed E-state index contributed by atoms with van der Waals surface area (Å²) in [6.45, 7) is 17.8. The fourth-order valence-electron chi connectivity index (χ4n) is 3.85. The Balaban J connectivity index is 1.78. The highest BCUT2D eigenvalue weighted by molar-refractivity contribution is 4.81. The van der Waals surface area contributed by atoms with E-state index >= 15 is 0 Å². The van der Waals surface area contributed by atoms with Crippen molar-refractivity contribution < 1.29 is 9.47 Å². The summed E-state index contributed by atoms with van der Waals surface area (Å²) in [5.41, 5.74) is 0. The Labute approximate surface area is 137 Å². The first kappa shape index (κ1) is 18.2. The van der Waals surface area contributed by atoms with Gasteiger partial charge in [0, 0.05) is 38.3 Å². The lowest BCUT2D eigenvalue weighted by Gasteiger charge is -2.41. The highest BCUT2D eigenvalue weighted by atomic mass is 16.5. The van der Waals surface area contributed by atoms with Crippen LogP contribution in [0.2, 0.25) is 0 Å². The van der Waals surface area contributed by atoms with Gasteiger partial charge in [0.05, 0.1) is 24.4 Å². The van der Waals surface area contributed by atoms with Gasteiger partial charge in [-0.05, 0) is 54.4 Å². The van der Waals surface area contributed by atoms with E-state index in [-0.39, 0.29) is 0 Å². The van der Waals surface area contributed by atoms with Gasteiger partial charge in [-0.2, -0.15) is 0 Å². The van der Waals surface area contributed by atoms with Crippen LogP contribution in [0.4, 0.5) is 0 Å². The Morgan fingerprint density at radius 2 is 1.36 bits per heavy atom. The lowest BCUT2D eigenvalue weighted by molar-refractivity contribution is -0.0965. The maximum Gasteiger partial charge on any atom is 0.0707 e. The number of nitrogens with zero attached hydrogens (tertiary/aromatic N) is 2. The van der Waals surface area contributed by atoms with Crippen LogP contribution in [0.1, 0.15) is 54.4 Å². The number of ether oxygens (including phenoxy) is 2. The molecule has 2 aliphatic heterocycles. The molecule has 130 valence electrons. The van der Waals surface area contributed by atoms with E-state index in [9.17, 15) is 0 Å². The predicted molar refractivity (Wildman–Crippen MR) is 91.3 cm³/mol. The molecule has 2 heterocycles. The number of morpholine rings is 2. The van der Waals surface area contributed by atoms with E-state index in [1.165, 1.54) is 6.42 Å². The summed E-state index contributed by atoms with van der Waals surface area (Å²) in [5, 5.41) is 0. The average Bonchev–Trinajstić information content (AvgIpc) is 2.43. The minimum atomic E-state index is 0.355. The van der Waals surface area contributed by atoms with Gasteiger partial charge >= 0.3 is 0 Å². The van der Waals surface area contributed by atoms with Gasteiger partial charge in [-0.25, -0.2) is 0 Å².